The van der Waals surface area contributed by atoms with E-state index in [4.69, 9.17) is 0 Å². The number of hydrogen-bond acceptors (Lipinski definition) is 4. The first-order valence-corrected chi connectivity index (χ1v) is 12.1. The molecule has 7 heteroatoms. The maximum atomic E-state index is 10.5. The SMILES string of the molecule is CN=C(NCc1c(O)ccc2c1CCCC2)NCC1CCCN(C)C1c1cccs1.I. The summed E-state index contributed by atoms with van der Waals surface area (Å²) in [5.41, 5.74) is 3.75. The molecule has 1 saturated heterocycles. The molecule has 2 unspecified atom stereocenters. The summed E-state index contributed by atoms with van der Waals surface area (Å²) in [5.74, 6) is 1.75. The number of guanidine groups is 1. The van der Waals surface area contributed by atoms with Gasteiger partial charge in [-0.2, -0.15) is 0 Å². The Hall–Kier alpha value is -1.32. The van der Waals surface area contributed by atoms with Crippen LogP contribution in [0.5, 0.6) is 5.75 Å². The molecule has 2 aliphatic rings. The van der Waals surface area contributed by atoms with Crippen LogP contribution in [0.3, 0.4) is 0 Å². The smallest absolute Gasteiger partial charge is 0.191 e. The third-order valence-corrected chi connectivity index (χ3v) is 7.60. The molecule has 0 spiro atoms. The Bertz CT molecular complexity index is 871. The number of nitrogens with one attached hydrogen (secondary N) is 2. The standard InChI is InChI=1S/C24H34N4OS.HI/c1-25-24(27-16-20-19-9-4-3-7-17(19)11-12-21(20)29)26-15-18-8-5-13-28(2)23(18)22-10-6-14-30-22;/h6,10-12,14,18,23,29H,3-5,7-9,13,15-16H2,1-2H3,(H2,25,26,27);1H. The minimum Gasteiger partial charge on any atom is -0.508 e. The summed E-state index contributed by atoms with van der Waals surface area (Å²) in [5, 5.41) is 19.6. The summed E-state index contributed by atoms with van der Waals surface area (Å²) >= 11 is 1.86. The first-order valence-electron chi connectivity index (χ1n) is 11.2. The molecule has 0 amide bonds. The van der Waals surface area contributed by atoms with Crippen LogP contribution in [0.1, 0.15) is 53.3 Å². The zero-order valence-corrected chi connectivity index (χ0v) is 21.7. The van der Waals surface area contributed by atoms with Crippen LogP contribution in [0.4, 0.5) is 0 Å². The van der Waals surface area contributed by atoms with E-state index in [0.717, 1.165) is 37.5 Å². The number of benzene rings is 1. The van der Waals surface area contributed by atoms with E-state index in [0.29, 0.717) is 24.3 Å². The number of halogens is 1. The second-order valence-corrected chi connectivity index (χ2v) is 9.54. The van der Waals surface area contributed by atoms with E-state index in [1.54, 1.807) is 0 Å². The van der Waals surface area contributed by atoms with Crippen LogP contribution in [0, 0.1) is 5.92 Å². The van der Waals surface area contributed by atoms with E-state index in [9.17, 15) is 5.11 Å². The Morgan fingerprint density at radius 1 is 1.19 bits per heavy atom. The number of phenolic OH excluding ortho intramolecular Hbond substituents is 1. The minimum atomic E-state index is 0. The highest BCUT2D eigenvalue weighted by Gasteiger charge is 2.31. The zero-order valence-electron chi connectivity index (χ0n) is 18.6. The monoisotopic (exact) mass is 554 g/mol. The Balaban J connectivity index is 0.00000272. The zero-order chi connectivity index (χ0) is 20.9. The van der Waals surface area contributed by atoms with Crippen molar-refractivity contribution >= 4 is 41.3 Å². The molecule has 1 aliphatic heterocycles. The molecule has 1 aromatic carbocycles. The van der Waals surface area contributed by atoms with Crippen molar-refractivity contribution in [1.82, 2.24) is 15.5 Å². The van der Waals surface area contributed by atoms with Gasteiger partial charge in [-0.1, -0.05) is 12.1 Å². The van der Waals surface area contributed by atoms with Gasteiger partial charge in [0.05, 0.1) is 0 Å². The summed E-state index contributed by atoms with van der Waals surface area (Å²) < 4.78 is 0. The Morgan fingerprint density at radius 3 is 2.81 bits per heavy atom. The van der Waals surface area contributed by atoms with E-state index >= 15 is 0 Å². The molecule has 0 radical (unpaired) electrons. The highest BCUT2D eigenvalue weighted by molar-refractivity contribution is 14.0. The number of hydrogen-bond donors (Lipinski definition) is 3. The van der Waals surface area contributed by atoms with E-state index in [1.165, 1.54) is 41.7 Å². The van der Waals surface area contributed by atoms with E-state index in [1.807, 2.05) is 24.5 Å². The fourth-order valence-corrected chi connectivity index (χ4v) is 6.08. The third kappa shape index (κ3) is 5.73. The van der Waals surface area contributed by atoms with Gasteiger partial charge in [-0.25, -0.2) is 0 Å². The number of fused-ring (bicyclic) bond motifs is 1. The Labute approximate surface area is 207 Å². The van der Waals surface area contributed by atoms with Crippen LogP contribution < -0.4 is 10.6 Å². The minimum absolute atomic E-state index is 0. The predicted octanol–water partition coefficient (Wildman–Crippen LogP) is 4.70. The molecule has 0 saturated carbocycles. The molecule has 4 rings (SSSR count). The highest BCUT2D eigenvalue weighted by atomic mass is 127. The lowest BCUT2D eigenvalue weighted by molar-refractivity contribution is 0.125. The molecule has 1 fully saturated rings. The number of thiophene rings is 1. The normalized spacial score (nSPS) is 21.8. The van der Waals surface area contributed by atoms with Crippen molar-refractivity contribution < 1.29 is 5.11 Å². The molecule has 0 bridgehead atoms. The summed E-state index contributed by atoms with van der Waals surface area (Å²) in [6.07, 6.45) is 7.09. The number of nitrogens with zero attached hydrogens (tertiary/aromatic N) is 2. The molecule has 170 valence electrons. The Kier molecular flexibility index (Phi) is 9.04. The van der Waals surface area contributed by atoms with Gasteiger partial charge >= 0.3 is 0 Å². The van der Waals surface area contributed by atoms with Crippen molar-refractivity contribution in [2.75, 3.05) is 27.2 Å². The number of likely N-dealkylation sites (tertiary alicyclic amines) is 1. The number of aromatic hydroxyl groups is 1. The average Bonchev–Trinajstić information content (AvgIpc) is 3.29. The van der Waals surface area contributed by atoms with Crippen molar-refractivity contribution in [3.8, 4) is 5.75 Å². The summed E-state index contributed by atoms with van der Waals surface area (Å²) in [4.78, 5) is 8.38. The van der Waals surface area contributed by atoms with Crippen LogP contribution >= 0.6 is 35.3 Å². The van der Waals surface area contributed by atoms with Gasteiger partial charge in [0.15, 0.2) is 5.96 Å². The molecule has 31 heavy (non-hydrogen) atoms. The molecular weight excluding hydrogens is 519 g/mol. The molecule has 5 nitrogen and oxygen atoms in total. The predicted molar refractivity (Wildman–Crippen MR) is 141 cm³/mol. The lowest BCUT2D eigenvalue weighted by atomic mass is 9.87. The van der Waals surface area contributed by atoms with Crippen LogP contribution in [-0.4, -0.2) is 43.2 Å². The first-order chi connectivity index (χ1) is 14.7. The van der Waals surface area contributed by atoms with Gasteiger partial charge in [0.25, 0.3) is 0 Å². The molecule has 2 atom stereocenters. The lowest BCUT2D eigenvalue weighted by Crippen LogP contribution is -2.44. The van der Waals surface area contributed by atoms with Gasteiger partial charge in [0.2, 0.25) is 0 Å². The molecule has 1 aromatic heterocycles. The van der Waals surface area contributed by atoms with Gasteiger partial charge in [-0.15, -0.1) is 35.3 Å². The molecular formula is C24H35IN4OS. The quantitative estimate of drug-likeness (QED) is 0.285. The number of phenols is 1. The van der Waals surface area contributed by atoms with Crippen molar-refractivity contribution in [3.63, 3.8) is 0 Å². The van der Waals surface area contributed by atoms with Crippen molar-refractivity contribution in [2.45, 2.75) is 51.1 Å². The number of rotatable bonds is 5. The topological polar surface area (TPSA) is 59.9 Å². The van der Waals surface area contributed by atoms with Gasteiger partial charge in [-0.05, 0) is 86.7 Å². The van der Waals surface area contributed by atoms with Crippen LogP contribution in [0.2, 0.25) is 0 Å². The molecule has 2 aromatic rings. The van der Waals surface area contributed by atoms with Gasteiger partial charge in [0, 0.05) is 36.6 Å². The molecule has 2 heterocycles. The summed E-state index contributed by atoms with van der Waals surface area (Å²) in [6.45, 7) is 2.66. The summed E-state index contributed by atoms with van der Waals surface area (Å²) in [7, 11) is 4.06. The fourth-order valence-electron chi connectivity index (χ4n) is 5.09. The van der Waals surface area contributed by atoms with Gasteiger partial charge < -0.3 is 15.7 Å². The van der Waals surface area contributed by atoms with E-state index in [-0.39, 0.29) is 24.0 Å². The maximum absolute atomic E-state index is 10.5. The van der Waals surface area contributed by atoms with Crippen LogP contribution in [0.25, 0.3) is 0 Å². The third-order valence-electron chi connectivity index (χ3n) is 6.66. The van der Waals surface area contributed by atoms with Gasteiger partial charge in [-0.3, -0.25) is 9.89 Å². The first kappa shape index (κ1) is 24.3. The van der Waals surface area contributed by atoms with Gasteiger partial charge in [0.1, 0.15) is 5.75 Å². The number of aryl methyl sites for hydroxylation is 1. The fraction of sp³-hybridized carbons (Fsp3) is 0.542. The van der Waals surface area contributed by atoms with Crippen molar-refractivity contribution in [2.24, 2.45) is 10.9 Å². The Morgan fingerprint density at radius 2 is 2.03 bits per heavy atom. The average molecular weight is 555 g/mol. The van der Waals surface area contributed by atoms with E-state index in [2.05, 4.69) is 51.2 Å². The summed E-state index contributed by atoms with van der Waals surface area (Å²) in [6, 6.07) is 8.82. The highest BCUT2D eigenvalue weighted by Crippen LogP contribution is 2.36. The number of piperidine rings is 1. The second kappa shape index (κ2) is 11.5. The molecule has 1 aliphatic carbocycles. The van der Waals surface area contributed by atoms with Crippen molar-refractivity contribution in [3.05, 3.63) is 51.2 Å². The molecule has 3 N–H and O–H groups in total. The maximum Gasteiger partial charge on any atom is 0.191 e. The second-order valence-electron chi connectivity index (χ2n) is 8.56. The lowest BCUT2D eigenvalue weighted by Gasteiger charge is -2.39. The number of aliphatic imine (C=N–C) groups is 1. The van der Waals surface area contributed by atoms with Crippen LogP contribution in [0.15, 0.2) is 34.6 Å². The largest absolute Gasteiger partial charge is 0.508 e. The van der Waals surface area contributed by atoms with Crippen molar-refractivity contribution in [1.29, 1.82) is 0 Å². The van der Waals surface area contributed by atoms with E-state index < -0.39 is 0 Å². The van der Waals surface area contributed by atoms with Crippen LogP contribution in [-0.2, 0) is 19.4 Å².